The summed E-state index contributed by atoms with van der Waals surface area (Å²) >= 11 is 5.57. The van der Waals surface area contributed by atoms with Crippen molar-refractivity contribution in [3.63, 3.8) is 0 Å². The molecule has 0 saturated carbocycles. The fourth-order valence-corrected chi connectivity index (χ4v) is 1.89. The van der Waals surface area contributed by atoms with E-state index in [1.807, 2.05) is 0 Å². The van der Waals surface area contributed by atoms with Gasteiger partial charge in [-0.1, -0.05) is 35.5 Å². The maximum Gasteiger partial charge on any atom is 0.292 e. The summed E-state index contributed by atoms with van der Waals surface area (Å²) in [4.78, 5) is 0. The van der Waals surface area contributed by atoms with Crippen LogP contribution in [0.1, 0.15) is 17.7 Å². The molecule has 0 N–H and O–H groups in total. The first-order chi connectivity index (χ1) is 9.12. The second-order valence-electron chi connectivity index (χ2n) is 4.27. The predicted molar refractivity (Wildman–Crippen MR) is 69.4 cm³/mol. The van der Waals surface area contributed by atoms with E-state index in [1.165, 1.54) is 16.8 Å². The van der Waals surface area contributed by atoms with E-state index in [0.717, 1.165) is 6.42 Å². The molecule has 0 saturated heterocycles. The molecule has 0 bridgehead atoms. The van der Waals surface area contributed by atoms with Crippen molar-refractivity contribution < 1.29 is 8.78 Å². The topological polar surface area (TPSA) is 30.7 Å². The van der Waals surface area contributed by atoms with Gasteiger partial charge in [0.1, 0.15) is 6.54 Å². The van der Waals surface area contributed by atoms with Gasteiger partial charge in [-0.25, -0.2) is 4.68 Å². The van der Waals surface area contributed by atoms with Crippen LogP contribution in [-0.4, -0.2) is 20.9 Å². The maximum atomic E-state index is 14.0. The summed E-state index contributed by atoms with van der Waals surface area (Å²) in [6, 6.07) is 7.71. The number of halogens is 3. The molecule has 0 aliphatic rings. The zero-order chi connectivity index (χ0) is 13.7. The molecule has 0 aliphatic carbocycles. The van der Waals surface area contributed by atoms with Crippen molar-refractivity contribution in [1.82, 2.24) is 15.0 Å². The third kappa shape index (κ3) is 3.73. The van der Waals surface area contributed by atoms with Gasteiger partial charge in [-0.05, 0) is 12.8 Å². The van der Waals surface area contributed by atoms with E-state index >= 15 is 0 Å². The van der Waals surface area contributed by atoms with Crippen molar-refractivity contribution in [2.75, 3.05) is 5.88 Å². The highest BCUT2D eigenvalue weighted by atomic mass is 35.5. The van der Waals surface area contributed by atoms with Crippen molar-refractivity contribution in [1.29, 1.82) is 0 Å². The minimum atomic E-state index is -2.96. The fraction of sp³-hybridized carbons (Fsp3) is 0.385. The summed E-state index contributed by atoms with van der Waals surface area (Å²) in [5.41, 5.74) is 0.664. The summed E-state index contributed by atoms with van der Waals surface area (Å²) in [6.45, 7) is -0.509. The molecule has 102 valence electrons. The SMILES string of the molecule is FC(F)(Cn1cc(CCCCl)nn1)c1ccccc1. The van der Waals surface area contributed by atoms with E-state index < -0.39 is 12.5 Å². The van der Waals surface area contributed by atoms with Crippen LogP contribution in [0.4, 0.5) is 8.78 Å². The van der Waals surface area contributed by atoms with Gasteiger partial charge < -0.3 is 0 Å². The molecular formula is C13H14ClF2N3. The summed E-state index contributed by atoms with van der Waals surface area (Å²) in [6.07, 6.45) is 2.96. The van der Waals surface area contributed by atoms with Crippen molar-refractivity contribution >= 4 is 11.6 Å². The number of alkyl halides is 3. The Hall–Kier alpha value is -1.49. The predicted octanol–water partition coefficient (Wildman–Crippen LogP) is 3.24. The van der Waals surface area contributed by atoms with Gasteiger partial charge in [0.15, 0.2) is 0 Å². The number of hydrogen-bond acceptors (Lipinski definition) is 2. The maximum absolute atomic E-state index is 14.0. The molecule has 0 radical (unpaired) electrons. The first-order valence-electron chi connectivity index (χ1n) is 6.00. The van der Waals surface area contributed by atoms with Crippen molar-refractivity contribution in [2.24, 2.45) is 0 Å². The highest BCUT2D eigenvalue weighted by Gasteiger charge is 2.32. The van der Waals surface area contributed by atoms with E-state index in [9.17, 15) is 8.78 Å². The van der Waals surface area contributed by atoms with Crippen LogP contribution >= 0.6 is 11.6 Å². The molecule has 1 aromatic carbocycles. The average Bonchev–Trinajstić information content (AvgIpc) is 2.84. The molecule has 1 aromatic heterocycles. The van der Waals surface area contributed by atoms with Crippen molar-refractivity contribution in [3.8, 4) is 0 Å². The van der Waals surface area contributed by atoms with Crippen molar-refractivity contribution in [2.45, 2.75) is 25.3 Å². The van der Waals surface area contributed by atoms with Crippen LogP contribution in [0.3, 0.4) is 0 Å². The van der Waals surface area contributed by atoms with Gasteiger partial charge in [0.2, 0.25) is 0 Å². The monoisotopic (exact) mass is 285 g/mol. The lowest BCUT2D eigenvalue weighted by molar-refractivity contribution is -0.0258. The minimum Gasteiger partial charge on any atom is -0.246 e. The number of benzene rings is 1. The van der Waals surface area contributed by atoms with Gasteiger partial charge in [-0.15, -0.1) is 16.7 Å². The van der Waals surface area contributed by atoms with Gasteiger partial charge in [0, 0.05) is 17.6 Å². The molecule has 1 heterocycles. The summed E-state index contributed by atoms with van der Waals surface area (Å²) < 4.78 is 29.2. The normalized spacial score (nSPS) is 11.7. The Morgan fingerprint density at radius 3 is 2.63 bits per heavy atom. The summed E-state index contributed by atoms with van der Waals surface area (Å²) in [7, 11) is 0. The molecule has 3 nitrogen and oxygen atoms in total. The Balaban J connectivity index is 2.05. The molecule has 0 atom stereocenters. The molecular weight excluding hydrogens is 272 g/mol. The lowest BCUT2D eigenvalue weighted by Crippen LogP contribution is -2.21. The Labute approximate surface area is 115 Å². The number of nitrogens with zero attached hydrogens (tertiary/aromatic N) is 3. The van der Waals surface area contributed by atoms with Crippen LogP contribution in [0.2, 0.25) is 0 Å². The molecule has 0 unspecified atom stereocenters. The summed E-state index contributed by atoms with van der Waals surface area (Å²) in [5.74, 6) is -2.44. The Kier molecular flexibility index (Phi) is 4.47. The third-order valence-corrected chi connectivity index (χ3v) is 2.98. The van der Waals surface area contributed by atoms with Gasteiger partial charge >= 0.3 is 0 Å². The molecule has 2 rings (SSSR count). The van der Waals surface area contributed by atoms with Crippen LogP contribution in [0.5, 0.6) is 0 Å². The first kappa shape index (κ1) is 13.9. The van der Waals surface area contributed by atoms with Crippen molar-refractivity contribution in [3.05, 3.63) is 47.8 Å². The molecule has 0 amide bonds. The Morgan fingerprint density at radius 2 is 1.95 bits per heavy atom. The minimum absolute atomic E-state index is 0.0205. The smallest absolute Gasteiger partial charge is 0.246 e. The van der Waals surface area contributed by atoms with Gasteiger partial charge in [0.05, 0.1) is 5.69 Å². The Morgan fingerprint density at radius 1 is 1.21 bits per heavy atom. The molecule has 6 heteroatoms. The zero-order valence-electron chi connectivity index (χ0n) is 10.3. The molecule has 2 aromatic rings. The average molecular weight is 286 g/mol. The van der Waals surface area contributed by atoms with Crippen LogP contribution in [0, 0.1) is 0 Å². The van der Waals surface area contributed by atoms with E-state index in [2.05, 4.69) is 10.3 Å². The lowest BCUT2D eigenvalue weighted by Gasteiger charge is -2.15. The third-order valence-electron chi connectivity index (χ3n) is 2.71. The quantitative estimate of drug-likeness (QED) is 0.763. The van der Waals surface area contributed by atoms with Gasteiger partial charge in [-0.3, -0.25) is 0 Å². The first-order valence-corrected chi connectivity index (χ1v) is 6.53. The lowest BCUT2D eigenvalue weighted by atomic mass is 10.1. The molecule has 0 fully saturated rings. The van der Waals surface area contributed by atoms with E-state index in [-0.39, 0.29) is 5.56 Å². The number of aromatic nitrogens is 3. The fourth-order valence-electron chi connectivity index (χ4n) is 1.76. The number of hydrogen-bond donors (Lipinski definition) is 0. The van der Waals surface area contributed by atoms with E-state index in [1.54, 1.807) is 24.4 Å². The van der Waals surface area contributed by atoms with Gasteiger partial charge in [-0.2, -0.15) is 8.78 Å². The van der Waals surface area contributed by atoms with Crippen LogP contribution in [0.25, 0.3) is 0 Å². The Bertz CT molecular complexity index is 514. The number of rotatable bonds is 6. The number of aryl methyl sites for hydroxylation is 1. The van der Waals surface area contributed by atoms with Crippen LogP contribution < -0.4 is 0 Å². The highest BCUT2D eigenvalue weighted by molar-refractivity contribution is 6.17. The molecule has 19 heavy (non-hydrogen) atoms. The second-order valence-corrected chi connectivity index (χ2v) is 4.65. The summed E-state index contributed by atoms with van der Waals surface area (Å²) in [5, 5.41) is 7.58. The van der Waals surface area contributed by atoms with E-state index in [0.29, 0.717) is 18.0 Å². The largest absolute Gasteiger partial charge is 0.292 e. The van der Waals surface area contributed by atoms with Crippen LogP contribution in [0.15, 0.2) is 36.5 Å². The van der Waals surface area contributed by atoms with Crippen LogP contribution in [-0.2, 0) is 18.9 Å². The van der Waals surface area contributed by atoms with E-state index in [4.69, 9.17) is 11.6 Å². The second kappa shape index (κ2) is 6.10. The highest BCUT2D eigenvalue weighted by Crippen LogP contribution is 2.29. The zero-order valence-corrected chi connectivity index (χ0v) is 11.0. The van der Waals surface area contributed by atoms with Gasteiger partial charge in [0.25, 0.3) is 5.92 Å². The standard InChI is InChI=1S/C13H14ClF2N3/c14-8-4-7-12-9-19(18-17-12)10-13(15,16)11-5-2-1-3-6-11/h1-3,5-6,9H,4,7-8,10H2. The molecule has 0 spiro atoms. The molecule has 0 aliphatic heterocycles.